The van der Waals surface area contributed by atoms with Crippen molar-refractivity contribution in [3.8, 4) is 17.2 Å². The number of para-hydroxylation sites is 3. The van der Waals surface area contributed by atoms with E-state index in [4.69, 9.17) is 14.9 Å². The maximum atomic E-state index is 10.9. The fourth-order valence-corrected chi connectivity index (χ4v) is 2.26. The summed E-state index contributed by atoms with van der Waals surface area (Å²) < 4.78 is 5.24. The SMILES string of the molecule is CC.CC.CC.CC.CC.CC.CCC.CNC(=O)c1ccccc1.CNCOc1ccccc1.Oc1ccccc1.Oc1ccccc1. The fraction of sp³-hybridized carbons (Fsp3) is 0.419. The van der Waals surface area contributed by atoms with E-state index in [2.05, 4.69) is 24.5 Å². The molecule has 1 amide bonds. The van der Waals surface area contributed by atoms with Crippen LogP contribution in [-0.2, 0) is 0 Å². The Hall–Kier alpha value is -4.29. The van der Waals surface area contributed by atoms with Gasteiger partial charge in [-0.25, -0.2) is 0 Å². The molecule has 0 unspecified atom stereocenters. The molecule has 0 aliphatic heterocycles. The Balaban J connectivity index is -0.0000000855. The predicted octanol–water partition coefficient (Wildman–Crippen LogP) is 12.6. The molecule has 0 radical (unpaired) electrons. The molecule has 0 spiro atoms. The summed E-state index contributed by atoms with van der Waals surface area (Å²) in [5.41, 5.74) is 0.699. The highest BCUT2D eigenvalue weighted by Gasteiger charge is 1.97. The number of benzene rings is 4. The minimum atomic E-state index is -0.0411. The molecule has 0 aliphatic carbocycles. The molecule has 0 saturated heterocycles. The first kappa shape index (κ1) is 60.1. The van der Waals surface area contributed by atoms with Crippen LogP contribution in [0.15, 0.2) is 121 Å². The van der Waals surface area contributed by atoms with Gasteiger partial charge in [-0.2, -0.15) is 0 Å². The van der Waals surface area contributed by atoms with Crippen molar-refractivity contribution in [1.82, 2.24) is 10.6 Å². The molecule has 0 bridgehead atoms. The zero-order valence-corrected chi connectivity index (χ0v) is 34.2. The first-order valence-electron chi connectivity index (χ1n) is 18.1. The summed E-state index contributed by atoms with van der Waals surface area (Å²) in [6.45, 7) is 28.8. The number of ether oxygens (including phenoxy) is 1. The summed E-state index contributed by atoms with van der Waals surface area (Å²) in [6, 6.07) is 36.3. The first-order valence-corrected chi connectivity index (χ1v) is 18.1. The van der Waals surface area contributed by atoms with Crippen LogP contribution in [0.1, 0.15) is 114 Å². The normalized spacial score (nSPS) is 7.27. The Morgan fingerprint density at radius 1 is 0.510 bits per heavy atom. The summed E-state index contributed by atoms with van der Waals surface area (Å²) in [5.74, 6) is 1.50. The van der Waals surface area contributed by atoms with E-state index in [1.54, 1.807) is 67.7 Å². The molecule has 6 heteroatoms. The molecular weight excluding hydrogens is 608 g/mol. The van der Waals surface area contributed by atoms with Crippen LogP contribution in [0.4, 0.5) is 0 Å². The van der Waals surface area contributed by atoms with Crippen LogP contribution < -0.4 is 15.4 Å². The average molecular weight is 685 g/mol. The lowest BCUT2D eigenvalue weighted by Crippen LogP contribution is -2.17. The van der Waals surface area contributed by atoms with E-state index in [9.17, 15) is 4.79 Å². The van der Waals surface area contributed by atoms with Crippen molar-refractivity contribution >= 4 is 5.91 Å². The number of hydrogen-bond acceptors (Lipinski definition) is 5. The second-order valence-corrected chi connectivity index (χ2v) is 7.28. The van der Waals surface area contributed by atoms with E-state index in [0.717, 1.165) is 5.75 Å². The predicted molar refractivity (Wildman–Crippen MR) is 221 cm³/mol. The summed E-state index contributed by atoms with van der Waals surface area (Å²) >= 11 is 0. The molecule has 4 aromatic rings. The second-order valence-electron chi connectivity index (χ2n) is 7.28. The third-order valence-corrected chi connectivity index (χ3v) is 3.90. The van der Waals surface area contributed by atoms with Crippen molar-refractivity contribution in [2.24, 2.45) is 0 Å². The number of carbonyl (C=O) groups excluding carboxylic acids is 1. The molecule has 6 nitrogen and oxygen atoms in total. The van der Waals surface area contributed by atoms with Gasteiger partial charge < -0.3 is 20.3 Å². The minimum absolute atomic E-state index is 0.0411. The summed E-state index contributed by atoms with van der Waals surface area (Å²) in [5, 5.41) is 22.7. The maximum absolute atomic E-state index is 10.9. The number of carbonyl (C=O) groups is 1. The Morgan fingerprint density at radius 3 is 1.00 bits per heavy atom. The van der Waals surface area contributed by atoms with Gasteiger partial charge in [-0.3, -0.25) is 10.1 Å². The van der Waals surface area contributed by atoms with Crippen molar-refractivity contribution in [1.29, 1.82) is 0 Å². The molecule has 0 fully saturated rings. The van der Waals surface area contributed by atoms with Crippen LogP contribution in [-0.4, -0.2) is 36.9 Å². The molecular formula is C43H76N2O4. The Morgan fingerprint density at radius 2 is 0.776 bits per heavy atom. The van der Waals surface area contributed by atoms with E-state index >= 15 is 0 Å². The highest BCUT2D eigenvalue weighted by Crippen LogP contribution is 2.06. The van der Waals surface area contributed by atoms with Gasteiger partial charge in [-0.05, 0) is 55.6 Å². The number of amides is 1. The molecule has 0 aromatic heterocycles. The number of hydrogen-bond donors (Lipinski definition) is 4. The van der Waals surface area contributed by atoms with E-state index in [1.165, 1.54) is 6.42 Å². The van der Waals surface area contributed by atoms with Gasteiger partial charge in [0.1, 0.15) is 24.0 Å². The fourth-order valence-electron chi connectivity index (χ4n) is 2.26. The lowest BCUT2D eigenvalue weighted by molar-refractivity contribution is 0.0963. The van der Waals surface area contributed by atoms with Crippen molar-refractivity contribution in [3.05, 3.63) is 127 Å². The molecule has 4 N–H and O–H groups in total. The molecule has 282 valence electrons. The number of phenolic OH excluding ortho intramolecular Hbond substituents is 2. The smallest absolute Gasteiger partial charge is 0.251 e. The quantitative estimate of drug-likeness (QED) is 0.161. The summed E-state index contributed by atoms with van der Waals surface area (Å²) in [7, 11) is 3.47. The zero-order chi connectivity index (χ0) is 39.6. The van der Waals surface area contributed by atoms with Gasteiger partial charge in [-0.15, -0.1) is 0 Å². The molecule has 4 aromatic carbocycles. The highest BCUT2D eigenvalue weighted by molar-refractivity contribution is 5.93. The zero-order valence-electron chi connectivity index (χ0n) is 34.2. The first-order chi connectivity index (χ1) is 24.0. The molecule has 0 saturated carbocycles. The molecule has 0 heterocycles. The Kier molecular flexibility index (Phi) is 76.7. The van der Waals surface area contributed by atoms with Crippen LogP contribution in [0, 0.1) is 0 Å². The van der Waals surface area contributed by atoms with Crippen molar-refractivity contribution in [2.75, 3.05) is 20.8 Å². The average Bonchev–Trinajstić information content (AvgIpc) is 3.21. The number of aromatic hydroxyl groups is 2. The van der Waals surface area contributed by atoms with Gasteiger partial charge in [0.25, 0.3) is 5.91 Å². The summed E-state index contributed by atoms with van der Waals surface area (Å²) in [4.78, 5) is 10.9. The second kappa shape index (κ2) is 62.5. The summed E-state index contributed by atoms with van der Waals surface area (Å²) in [6.07, 6.45) is 1.25. The van der Waals surface area contributed by atoms with Gasteiger partial charge >= 0.3 is 0 Å². The highest BCUT2D eigenvalue weighted by atomic mass is 16.5. The Bertz CT molecular complexity index is 981. The number of nitrogens with one attached hydrogen (secondary N) is 2. The Labute approximate surface area is 304 Å². The number of phenols is 2. The third kappa shape index (κ3) is 53.5. The lowest BCUT2D eigenvalue weighted by Gasteiger charge is -2.02. The molecule has 4 rings (SSSR count). The molecule has 0 aliphatic rings. The van der Waals surface area contributed by atoms with Gasteiger partial charge in [-0.1, -0.05) is 176 Å². The van der Waals surface area contributed by atoms with E-state index in [0.29, 0.717) is 23.8 Å². The van der Waals surface area contributed by atoms with Crippen LogP contribution in [0.2, 0.25) is 0 Å². The molecule has 49 heavy (non-hydrogen) atoms. The van der Waals surface area contributed by atoms with E-state index in [-0.39, 0.29) is 5.91 Å². The maximum Gasteiger partial charge on any atom is 0.251 e. The van der Waals surface area contributed by atoms with Gasteiger partial charge in [0.2, 0.25) is 0 Å². The van der Waals surface area contributed by atoms with Gasteiger partial charge in [0.05, 0.1) is 0 Å². The number of rotatable bonds is 4. The van der Waals surface area contributed by atoms with Crippen molar-refractivity contribution in [3.63, 3.8) is 0 Å². The van der Waals surface area contributed by atoms with Crippen molar-refractivity contribution < 1.29 is 19.7 Å². The van der Waals surface area contributed by atoms with E-state index < -0.39 is 0 Å². The van der Waals surface area contributed by atoms with Crippen LogP contribution in [0.5, 0.6) is 17.2 Å². The van der Waals surface area contributed by atoms with Gasteiger partial charge in [0.15, 0.2) is 0 Å². The minimum Gasteiger partial charge on any atom is -0.508 e. The van der Waals surface area contributed by atoms with Crippen LogP contribution in [0.25, 0.3) is 0 Å². The standard InChI is InChI=1S/C8H11NO.C8H9NO.2C6H6O.C3H8.6C2H6/c1-9-7-10-8-5-3-2-4-6-8;1-9-8(10)7-5-3-2-4-6-7;2*7-6-4-2-1-3-5-6;1-3-2;6*1-2/h2-6,9H,7H2,1H3;2-6H,1H3,(H,9,10);2*1-5,7H;3H2,1-2H3;6*1-2H3. The largest absolute Gasteiger partial charge is 0.508 e. The third-order valence-electron chi connectivity index (χ3n) is 3.90. The topological polar surface area (TPSA) is 90.8 Å². The monoisotopic (exact) mass is 685 g/mol. The van der Waals surface area contributed by atoms with Crippen LogP contribution >= 0.6 is 0 Å². The van der Waals surface area contributed by atoms with Crippen molar-refractivity contribution in [2.45, 2.75) is 103 Å². The lowest BCUT2D eigenvalue weighted by atomic mass is 10.2. The van der Waals surface area contributed by atoms with E-state index in [1.807, 2.05) is 151 Å². The molecule has 0 atom stereocenters. The van der Waals surface area contributed by atoms with Gasteiger partial charge in [0, 0.05) is 12.6 Å². The van der Waals surface area contributed by atoms with Crippen LogP contribution in [0.3, 0.4) is 0 Å².